The molecule has 2 aliphatic heterocycles. The van der Waals surface area contributed by atoms with Gasteiger partial charge in [0.25, 0.3) is 0 Å². The van der Waals surface area contributed by atoms with Crippen molar-refractivity contribution in [3.05, 3.63) is 35.9 Å². The van der Waals surface area contributed by atoms with Crippen molar-refractivity contribution in [2.75, 3.05) is 27.4 Å². The van der Waals surface area contributed by atoms with Crippen LogP contribution in [-0.4, -0.2) is 61.3 Å². The lowest BCUT2D eigenvalue weighted by Gasteiger charge is -2.22. The highest BCUT2D eigenvalue weighted by atomic mass is 16.5. The Morgan fingerprint density at radius 3 is 2.48 bits per heavy atom. The van der Waals surface area contributed by atoms with Crippen LogP contribution in [0, 0.1) is 5.92 Å². The Kier molecular flexibility index (Phi) is 4.63. The third-order valence-corrected chi connectivity index (χ3v) is 4.80. The van der Waals surface area contributed by atoms with Gasteiger partial charge in [0.15, 0.2) is 0 Å². The minimum atomic E-state index is -0.366. The van der Waals surface area contributed by atoms with E-state index in [1.807, 2.05) is 18.2 Å². The summed E-state index contributed by atoms with van der Waals surface area (Å²) in [5.41, 5.74) is 1.22. The van der Waals surface area contributed by atoms with Crippen LogP contribution in [0.2, 0.25) is 0 Å². The molecule has 0 amide bonds. The van der Waals surface area contributed by atoms with Crippen LogP contribution in [0.25, 0.3) is 0 Å². The lowest BCUT2D eigenvalue weighted by Crippen LogP contribution is -2.39. The fourth-order valence-corrected chi connectivity index (χ4v) is 3.71. The molecule has 0 radical (unpaired) electrons. The fourth-order valence-electron chi connectivity index (χ4n) is 3.71. The Balaban J connectivity index is 1.75. The highest BCUT2D eigenvalue weighted by Crippen LogP contribution is 2.36. The van der Waals surface area contributed by atoms with E-state index in [-0.39, 0.29) is 29.9 Å². The Morgan fingerprint density at radius 2 is 1.83 bits per heavy atom. The van der Waals surface area contributed by atoms with Crippen molar-refractivity contribution in [3.63, 3.8) is 0 Å². The van der Waals surface area contributed by atoms with Gasteiger partial charge in [-0.2, -0.15) is 0 Å². The van der Waals surface area contributed by atoms with Gasteiger partial charge in [-0.3, -0.25) is 19.4 Å². The van der Waals surface area contributed by atoms with E-state index >= 15 is 0 Å². The van der Waals surface area contributed by atoms with Crippen molar-refractivity contribution < 1.29 is 19.1 Å². The molecule has 2 aliphatic rings. The van der Waals surface area contributed by atoms with Crippen molar-refractivity contribution in [1.29, 1.82) is 0 Å². The van der Waals surface area contributed by atoms with E-state index < -0.39 is 0 Å². The normalized spacial score (nSPS) is 27.7. The number of ether oxygens (including phenoxy) is 2. The molecule has 0 N–H and O–H groups in total. The largest absolute Gasteiger partial charge is 0.469 e. The van der Waals surface area contributed by atoms with Crippen LogP contribution in [0.4, 0.5) is 0 Å². The van der Waals surface area contributed by atoms with Gasteiger partial charge >= 0.3 is 11.9 Å². The molecule has 0 aromatic heterocycles. The van der Waals surface area contributed by atoms with Crippen molar-refractivity contribution in [2.24, 2.45) is 5.92 Å². The molecule has 2 saturated heterocycles. The van der Waals surface area contributed by atoms with Gasteiger partial charge in [-0.05, 0) is 12.0 Å². The van der Waals surface area contributed by atoms with E-state index in [1.54, 1.807) is 0 Å². The summed E-state index contributed by atoms with van der Waals surface area (Å²) in [6.07, 6.45) is 0.475. The van der Waals surface area contributed by atoms with Gasteiger partial charge in [-0.25, -0.2) is 0 Å². The number of nitrogens with zero attached hydrogens (tertiary/aromatic N) is 2. The second-order valence-corrected chi connectivity index (χ2v) is 6.12. The fraction of sp³-hybridized carbons (Fsp3) is 0.529. The van der Waals surface area contributed by atoms with E-state index in [4.69, 9.17) is 9.47 Å². The molecule has 6 heteroatoms. The summed E-state index contributed by atoms with van der Waals surface area (Å²) in [6, 6.07) is 9.83. The zero-order chi connectivity index (χ0) is 16.4. The molecule has 3 atom stereocenters. The summed E-state index contributed by atoms with van der Waals surface area (Å²) < 4.78 is 9.83. The molecule has 1 aromatic carbocycles. The van der Waals surface area contributed by atoms with Gasteiger partial charge in [0.2, 0.25) is 0 Å². The number of hydrogen-bond donors (Lipinski definition) is 0. The zero-order valence-corrected chi connectivity index (χ0v) is 13.5. The highest BCUT2D eigenvalue weighted by molar-refractivity contribution is 5.80. The summed E-state index contributed by atoms with van der Waals surface area (Å²) in [4.78, 5) is 28.4. The summed E-state index contributed by atoms with van der Waals surface area (Å²) in [5, 5.41) is 0. The molecule has 23 heavy (non-hydrogen) atoms. The second kappa shape index (κ2) is 6.68. The van der Waals surface area contributed by atoms with E-state index in [0.29, 0.717) is 13.1 Å². The number of methoxy groups -OCH3 is 2. The number of rotatable bonds is 4. The summed E-state index contributed by atoms with van der Waals surface area (Å²) in [7, 11) is 2.79. The van der Waals surface area contributed by atoms with Gasteiger partial charge in [0.1, 0.15) is 6.04 Å². The molecule has 3 unspecified atom stereocenters. The molecule has 2 fully saturated rings. The third-order valence-electron chi connectivity index (χ3n) is 4.80. The molecule has 0 saturated carbocycles. The molecule has 0 aliphatic carbocycles. The molecule has 0 spiro atoms. The monoisotopic (exact) mass is 318 g/mol. The first-order chi connectivity index (χ1) is 11.1. The first-order valence-electron chi connectivity index (χ1n) is 7.81. The first kappa shape index (κ1) is 16.0. The highest BCUT2D eigenvalue weighted by Gasteiger charge is 2.52. The van der Waals surface area contributed by atoms with Crippen LogP contribution < -0.4 is 0 Å². The average molecular weight is 318 g/mol. The molecule has 2 heterocycles. The Hall–Kier alpha value is -1.92. The van der Waals surface area contributed by atoms with Crippen LogP contribution in [0.3, 0.4) is 0 Å². The van der Waals surface area contributed by atoms with E-state index in [1.165, 1.54) is 19.8 Å². The Bertz CT molecular complexity index is 547. The number of carbonyl (C=O) groups is 2. The summed E-state index contributed by atoms with van der Waals surface area (Å²) >= 11 is 0. The molecule has 6 nitrogen and oxygen atoms in total. The number of fused-ring (bicyclic) bond motifs is 1. The van der Waals surface area contributed by atoms with Crippen molar-refractivity contribution in [2.45, 2.75) is 25.0 Å². The maximum Gasteiger partial charge on any atom is 0.323 e. The lowest BCUT2D eigenvalue weighted by atomic mass is 9.99. The topological polar surface area (TPSA) is 59.1 Å². The van der Waals surface area contributed by atoms with Gasteiger partial charge < -0.3 is 9.47 Å². The third kappa shape index (κ3) is 3.09. The minimum absolute atomic E-state index is 0.00950. The molecule has 1 aromatic rings. The SMILES string of the molecule is COC(=O)C1CC(C(=O)OC)N2CN(Cc3ccccc3)CC12. The van der Waals surface area contributed by atoms with Gasteiger partial charge in [0.05, 0.1) is 26.8 Å². The average Bonchev–Trinajstić information content (AvgIpc) is 3.13. The van der Waals surface area contributed by atoms with Crippen LogP contribution in [0.15, 0.2) is 30.3 Å². The molecular formula is C17H22N2O4. The van der Waals surface area contributed by atoms with Crippen molar-refractivity contribution >= 4 is 11.9 Å². The molecule has 124 valence electrons. The predicted molar refractivity (Wildman–Crippen MR) is 83.3 cm³/mol. The minimum Gasteiger partial charge on any atom is -0.469 e. The number of benzene rings is 1. The lowest BCUT2D eigenvalue weighted by molar-refractivity contribution is -0.146. The van der Waals surface area contributed by atoms with Gasteiger partial charge in [0, 0.05) is 19.1 Å². The van der Waals surface area contributed by atoms with Gasteiger partial charge in [-0.15, -0.1) is 0 Å². The Morgan fingerprint density at radius 1 is 1.13 bits per heavy atom. The van der Waals surface area contributed by atoms with Crippen molar-refractivity contribution in [1.82, 2.24) is 9.80 Å². The molecular weight excluding hydrogens is 296 g/mol. The number of esters is 2. The number of hydrogen-bond acceptors (Lipinski definition) is 6. The predicted octanol–water partition coefficient (Wildman–Crippen LogP) is 0.865. The maximum absolute atomic E-state index is 12.1. The Labute approximate surface area is 136 Å². The van der Waals surface area contributed by atoms with E-state index in [9.17, 15) is 9.59 Å². The smallest absolute Gasteiger partial charge is 0.323 e. The standard InChI is InChI=1S/C17H22N2O4/c1-22-16(20)13-8-14(17(21)23-2)19-11-18(10-15(13)19)9-12-6-4-3-5-7-12/h3-7,13-15H,8-11H2,1-2H3. The van der Waals surface area contributed by atoms with Crippen LogP contribution in [-0.2, 0) is 25.6 Å². The van der Waals surface area contributed by atoms with Crippen LogP contribution in [0.1, 0.15) is 12.0 Å². The van der Waals surface area contributed by atoms with Crippen LogP contribution >= 0.6 is 0 Å². The molecule has 3 rings (SSSR count). The van der Waals surface area contributed by atoms with Crippen molar-refractivity contribution in [3.8, 4) is 0 Å². The maximum atomic E-state index is 12.1. The van der Waals surface area contributed by atoms with E-state index in [0.717, 1.165) is 13.1 Å². The number of carbonyl (C=O) groups excluding carboxylic acids is 2. The molecule has 0 bridgehead atoms. The zero-order valence-electron chi connectivity index (χ0n) is 13.5. The van der Waals surface area contributed by atoms with E-state index in [2.05, 4.69) is 21.9 Å². The van der Waals surface area contributed by atoms with Crippen LogP contribution in [0.5, 0.6) is 0 Å². The quantitative estimate of drug-likeness (QED) is 0.768. The van der Waals surface area contributed by atoms with Gasteiger partial charge in [-0.1, -0.05) is 30.3 Å². The first-order valence-corrected chi connectivity index (χ1v) is 7.81. The summed E-state index contributed by atoms with van der Waals surface area (Å²) in [5.74, 6) is -0.791. The second-order valence-electron chi connectivity index (χ2n) is 6.12. The summed E-state index contributed by atoms with van der Waals surface area (Å²) in [6.45, 7) is 2.21.